The minimum Gasteiger partial charge on any atom is -0.495 e. The predicted octanol–water partition coefficient (Wildman–Crippen LogP) is 4.73. The number of methoxy groups -OCH3 is 1. The van der Waals surface area contributed by atoms with Crippen molar-refractivity contribution >= 4 is 39.8 Å². The highest BCUT2D eigenvalue weighted by Gasteiger charge is 2.11. The van der Waals surface area contributed by atoms with Gasteiger partial charge in [0.25, 0.3) is 0 Å². The summed E-state index contributed by atoms with van der Waals surface area (Å²) in [6.45, 7) is 2.15. The van der Waals surface area contributed by atoms with Gasteiger partial charge in [-0.25, -0.2) is 4.79 Å². The minimum atomic E-state index is -0.434. The normalized spacial score (nSPS) is 10.3. The predicted molar refractivity (Wildman–Crippen MR) is 106 cm³/mol. The fourth-order valence-electron chi connectivity index (χ4n) is 2.21. The molecule has 0 unspecified atom stereocenters. The Hall–Kier alpha value is -2.84. The van der Waals surface area contributed by atoms with E-state index >= 15 is 0 Å². The van der Waals surface area contributed by atoms with E-state index in [4.69, 9.17) is 21.1 Å². The van der Waals surface area contributed by atoms with Gasteiger partial charge in [0.15, 0.2) is 5.01 Å². The Balaban J connectivity index is 1.55. The lowest BCUT2D eigenvalue weighted by atomic mass is 10.2. The van der Waals surface area contributed by atoms with Crippen LogP contribution in [0.4, 0.5) is 15.6 Å². The van der Waals surface area contributed by atoms with Crippen molar-refractivity contribution in [3.8, 4) is 11.5 Å². The maximum atomic E-state index is 12.1. The van der Waals surface area contributed by atoms with Gasteiger partial charge in [-0.2, -0.15) is 0 Å². The van der Waals surface area contributed by atoms with Crippen molar-refractivity contribution < 1.29 is 14.3 Å². The second-order valence-electron chi connectivity index (χ2n) is 5.48. The summed E-state index contributed by atoms with van der Waals surface area (Å²) < 4.78 is 10.9. The summed E-state index contributed by atoms with van der Waals surface area (Å²) in [4.78, 5) is 12.1. The van der Waals surface area contributed by atoms with Gasteiger partial charge in [-0.15, -0.1) is 10.2 Å². The summed E-state index contributed by atoms with van der Waals surface area (Å²) in [6, 6.07) is 12.1. The number of carbonyl (C=O) groups is 1. The molecule has 0 aliphatic carbocycles. The molecule has 2 aromatic carbocycles. The first-order valence-corrected chi connectivity index (χ1v) is 9.17. The number of amides is 2. The first kappa shape index (κ1) is 18.9. The Kier molecular flexibility index (Phi) is 6.10. The summed E-state index contributed by atoms with van der Waals surface area (Å²) in [5, 5.41) is 15.0. The number of hydrogen-bond acceptors (Lipinski definition) is 6. The number of aryl methyl sites for hydroxylation is 1. The number of para-hydroxylation sites is 2. The third-order valence-electron chi connectivity index (χ3n) is 3.53. The van der Waals surface area contributed by atoms with Gasteiger partial charge in [0.1, 0.15) is 18.1 Å². The van der Waals surface area contributed by atoms with E-state index in [9.17, 15) is 4.79 Å². The molecular weight excluding hydrogens is 388 g/mol. The van der Waals surface area contributed by atoms with E-state index in [0.717, 1.165) is 5.56 Å². The van der Waals surface area contributed by atoms with Crippen molar-refractivity contribution in [2.45, 2.75) is 13.5 Å². The van der Waals surface area contributed by atoms with Gasteiger partial charge in [0, 0.05) is 5.02 Å². The van der Waals surface area contributed by atoms with Crippen molar-refractivity contribution in [2.75, 3.05) is 17.7 Å². The van der Waals surface area contributed by atoms with Crippen LogP contribution in [0.25, 0.3) is 0 Å². The highest BCUT2D eigenvalue weighted by Crippen LogP contribution is 2.25. The third kappa shape index (κ3) is 5.08. The Morgan fingerprint density at radius 2 is 2.00 bits per heavy atom. The van der Waals surface area contributed by atoms with Crippen LogP contribution in [0.2, 0.25) is 5.02 Å². The van der Waals surface area contributed by atoms with E-state index in [1.165, 1.54) is 18.4 Å². The molecule has 0 radical (unpaired) electrons. The number of rotatable bonds is 6. The summed E-state index contributed by atoms with van der Waals surface area (Å²) in [5.41, 5.74) is 1.49. The lowest BCUT2D eigenvalue weighted by molar-refractivity contribution is 0.262. The summed E-state index contributed by atoms with van der Waals surface area (Å²) >= 11 is 7.23. The van der Waals surface area contributed by atoms with Gasteiger partial charge < -0.3 is 14.8 Å². The van der Waals surface area contributed by atoms with Crippen molar-refractivity contribution in [3.05, 3.63) is 58.1 Å². The van der Waals surface area contributed by atoms with Crippen LogP contribution in [0.5, 0.6) is 11.5 Å². The number of halogens is 1. The monoisotopic (exact) mass is 404 g/mol. The number of aromatic nitrogens is 2. The molecule has 3 aromatic rings. The largest absolute Gasteiger partial charge is 0.495 e. The maximum absolute atomic E-state index is 12.1. The van der Waals surface area contributed by atoms with Crippen LogP contribution >= 0.6 is 22.9 Å². The molecule has 2 amide bonds. The Morgan fingerprint density at radius 1 is 1.19 bits per heavy atom. The minimum absolute atomic E-state index is 0.245. The molecule has 7 nitrogen and oxygen atoms in total. The van der Waals surface area contributed by atoms with Crippen molar-refractivity contribution in [2.24, 2.45) is 0 Å². The van der Waals surface area contributed by atoms with Crippen LogP contribution in [0, 0.1) is 6.92 Å². The first-order valence-electron chi connectivity index (χ1n) is 7.97. The zero-order valence-corrected chi connectivity index (χ0v) is 16.2. The number of urea groups is 1. The lowest BCUT2D eigenvalue weighted by Gasteiger charge is -2.09. The fourth-order valence-corrected chi connectivity index (χ4v) is 2.98. The van der Waals surface area contributed by atoms with E-state index in [-0.39, 0.29) is 6.61 Å². The van der Waals surface area contributed by atoms with E-state index in [2.05, 4.69) is 20.8 Å². The molecule has 0 fully saturated rings. The molecule has 1 aromatic heterocycles. The third-order valence-corrected chi connectivity index (χ3v) is 4.77. The van der Waals surface area contributed by atoms with Gasteiger partial charge >= 0.3 is 6.03 Å². The van der Waals surface area contributed by atoms with E-state index in [1.807, 2.05) is 19.1 Å². The molecule has 0 aliphatic rings. The summed E-state index contributed by atoms with van der Waals surface area (Å²) in [5.74, 6) is 1.26. The Bertz CT molecular complexity index is 948. The smallest absolute Gasteiger partial charge is 0.325 e. The highest BCUT2D eigenvalue weighted by atomic mass is 35.5. The van der Waals surface area contributed by atoms with E-state index in [0.29, 0.717) is 32.3 Å². The molecule has 0 saturated carbocycles. The molecule has 0 atom stereocenters. The topological polar surface area (TPSA) is 85.4 Å². The second-order valence-corrected chi connectivity index (χ2v) is 6.95. The Labute approximate surface area is 165 Å². The number of benzene rings is 2. The summed E-state index contributed by atoms with van der Waals surface area (Å²) in [7, 11) is 1.54. The zero-order chi connectivity index (χ0) is 19.2. The van der Waals surface area contributed by atoms with Crippen LogP contribution in [0.15, 0.2) is 42.5 Å². The number of nitrogens with one attached hydrogen (secondary N) is 2. The molecule has 27 heavy (non-hydrogen) atoms. The van der Waals surface area contributed by atoms with Crippen LogP contribution in [0.3, 0.4) is 0 Å². The molecular formula is C18H17ClN4O3S. The molecule has 9 heteroatoms. The average molecular weight is 405 g/mol. The van der Waals surface area contributed by atoms with Crippen LogP contribution in [0.1, 0.15) is 10.6 Å². The van der Waals surface area contributed by atoms with E-state index < -0.39 is 6.03 Å². The molecule has 140 valence electrons. The van der Waals surface area contributed by atoms with Gasteiger partial charge in [0.2, 0.25) is 5.13 Å². The van der Waals surface area contributed by atoms with Crippen LogP contribution < -0.4 is 20.1 Å². The van der Waals surface area contributed by atoms with Gasteiger partial charge in [-0.1, -0.05) is 35.1 Å². The van der Waals surface area contributed by atoms with Gasteiger partial charge in [-0.05, 0) is 42.8 Å². The van der Waals surface area contributed by atoms with Gasteiger partial charge in [0.05, 0.1) is 12.8 Å². The number of hydrogen-bond donors (Lipinski definition) is 2. The number of nitrogens with zero attached hydrogens (tertiary/aromatic N) is 2. The van der Waals surface area contributed by atoms with Crippen molar-refractivity contribution in [3.63, 3.8) is 0 Å². The first-order chi connectivity index (χ1) is 13.0. The van der Waals surface area contributed by atoms with Crippen LogP contribution in [-0.2, 0) is 6.61 Å². The zero-order valence-electron chi connectivity index (χ0n) is 14.7. The molecule has 1 heterocycles. The highest BCUT2D eigenvalue weighted by molar-refractivity contribution is 7.15. The molecule has 0 bridgehead atoms. The standard InChI is InChI=1S/C18H17ClN4O3S/c1-11-9-12(7-8-13(11)19)26-10-16-22-23-18(27-16)21-17(24)20-14-5-3-4-6-15(14)25-2/h3-9H,10H2,1-2H3,(H2,20,21,23,24). The molecule has 0 saturated heterocycles. The second kappa shape index (κ2) is 8.70. The number of carbonyl (C=O) groups excluding carboxylic acids is 1. The Morgan fingerprint density at radius 3 is 2.78 bits per heavy atom. The number of ether oxygens (including phenoxy) is 2. The van der Waals surface area contributed by atoms with Crippen molar-refractivity contribution in [1.82, 2.24) is 10.2 Å². The quantitative estimate of drug-likeness (QED) is 0.620. The summed E-state index contributed by atoms with van der Waals surface area (Å²) in [6.07, 6.45) is 0. The molecule has 3 rings (SSSR count). The van der Waals surface area contributed by atoms with E-state index in [1.54, 1.807) is 30.3 Å². The molecule has 2 N–H and O–H groups in total. The fraction of sp³-hybridized carbons (Fsp3) is 0.167. The van der Waals surface area contributed by atoms with Gasteiger partial charge in [-0.3, -0.25) is 5.32 Å². The molecule has 0 spiro atoms. The lowest BCUT2D eigenvalue weighted by Crippen LogP contribution is -2.19. The van der Waals surface area contributed by atoms with Crippen molar-refractivity contribution in [1.29, 1.82) is 0 Å². The maximum Gasteiger partial charge on any atom is 0.325 e. The molecule has 0 aliphatic heterocycles. The average Bonchev–Trinajstić information content (AvgIpc) is 3.10. The van der Waals surface area contributed by atoms with Crippen LogP contribution in [-0.4, -0.2) is 23.3 Å². The number of anilines is 2. The SMILES string of the molecule is COc1ccccc1NC(=O)Nc1nnc(COc2ccc(Cl)c(C)c2)s1.